The van der Waals surface area contributed by atoms with E-state index in [1.807, 2.05) is 0 Å². The van der Waals surface area contributed by atoms with Gasteiger partial charge in [0.25, 0.3) is 0 Å². The molecule has 138 valence electrons. The first-order valence-electron chi connectivity index (χ1n) is 10.4. The van der Waals surface area contributed by atoms with Gasteiger partial charge < -0.3 is 0 Å². The molecule has 23 heavy (non-hydrogen) atoms. The third-order valence-corrected chi connectivity index (χ3v) is 4.88. The lowest BCUT2D eigenvalue weighted by Gasteiger charge is -2.39. The molecule has 0 aliphatic rings. The van der Waals surface area contributed by atoms with Gasteiger partial charge in [0, 0.05) is 0 Å². The number of hydrogen-bond acceptors (Lipinski definition) is 0. The highest BCUT2D eigenvalue weighted by Crippen LogP contribution is 2.46. The molecule has 0 aliphatic heterocycles. The summed E-state index contributed by atoms with van der Waals surface area (Å²) in [6.45, 7) is 18.9. The van der Waals surface area contributed by atoms with Crippen molar-refractivity contribution in [1.82, 2.24) is 0 Å². The topological polar surface area (TPSA) is 0 Å². The van der Waals surface area contributed by atoms with Crippen LogP contribution in [0.3, 0.4) is 0 Å². The SMILES string of the molecule is CCCCCCC(CCC)(CCC)/C(=C/C(C)(C)C)CC(C)C. The minimum atomic E-state index is 0.292. The van der Waals surface area contributed by atoms with Crippen LogP contribution in [0.4, 0.5) is 0 Å². The van der Waals surface area contributed by atoms with Crippen molar-refractivity contribution in [3.05, 3.63) is 11.6 Å². The lowest BCUT2D eigenvalue weighted by molar-refractivity contribution is 0.242. The third kappa shape index (κ3) is 9.58. The highest BCUT2D eigenvalue weighted by Gasteiger charge is 2.33. The van der Waals surface area contributed by atoms with Gasteiger partial charge in [-0.2, -0.15) is 0 Å². The molecular formula is C23H46. The summed E-state index contributed by atoms with van der Waals surface area (Å²) in [5, 5.41) is 0. The van der Waals surface area contributed by atoms with E-state index >= 15 is 0 Å². The van der Waals surface area contributed by atoms with E-state index in [0.717, 1.165) is 5.92 Å². The Bertz CT molecular complexity index is 307. The molecule has 0 aromatic heterocycles. The fourth-order valence-electron chi connectivity index (χ4n) is 4.09. The van der Waals surface area contributed by atoms with Gasteiger partial charge in [-0.25, -0.2) is 0 Å². The average molecular weight is 323 g/mol. The second kappa shape index (κ2) is 11.3. The highest BCUT2D eigenvalue weighted by atomic mass is 14.4. The van der Waals surface area contributed by atoms with Crippen molar-refractivity contribution >= 4 is 0 Å². The summed E-state index contributed by atoms with van der Waals surface area (Å²) in [5.74, 6) is 0.757. The molecule has 0 aliphatic carbocycles. The number of allylic oxidation sites excluding steroid dienone is 2. The minimum Gasteiger partial charge on any atom is -0.0794 e. The molecule has 0 unspecified atom stereocenters. The van der Waals surface area contributed by atoms with Gasteiger partial charge in [-0.05, 0) is 42.4 Å². The number of hydrogen-bond donors (Lipinski definition) is 0. The summed E-state index contributed by atoms with van der Waals surface area (Å²) in [6, 6.07) is 0. The lowest BCUT2D eigenvalue weighted by Crippen LogP contribution is -2.26. The predicted octanol–water partition coefficient (Wildman–Crippen LogP) is 8.56. The van der Waals surface area contributed by atoms with Gasteiger partial charge in [0.2, 0.25) is 0 Å². The first-order chi connectivity index (χ1) is 10.7. The molecule has 0 spiro atoms. The second-order valence-electron chi connectivity index (χ2n) is 9.22. The van der Waals surface area contributed by atoms with Gasteiger partial charge in [0.15, 0.2) is 0 Å². The van der Waals surface area contributed by atoms with Crippen LogP contribution in [0.5, 0.6) is 0 Å². The normalized spacial score (nSPS) is 13.9. The van der Waals surface area contributed by atoms with E-state index in [2.05, 4.69) is 61.5 Å². The molecule has 0 aromatic carbocycles. The van der Waals surface area contributed by atoms with Crippen LogP contribution in [0.1, 0.15) is 120 Å². The maximum absolute atomic E-state index is 2.64. The van der Waals surface area contributed by atoms with Crippen molar-refractivity contribution in [2.75, 3.05) is 0 Å². The molecule has 0 amide bonds. The summed E-state index contributed by atoms with van der Waals surface area (Å²) < 4.78 is 0. The van der Waals surface area contributed by atoms with Crippen LogP contribution in [0.15, 0.2) is 11.6 Å². The Morgan fingerprint density at radius 1 is 0.783 bits per heavy atom. The first-order valence-corrected chi connectivity index (χ1v) is 10.4. The Labute approximate surface area is 148 Å². The smallest absolute Gasteiger partial charge is 0.00880 e. The van der Waals surface area contributed by atoms with E-state index in [9.17, 15) is 0 Å². The van der Waals surface area contributed by atoms with Crippen molar-refractivity contribution in [3.63, 3.8) is 0 Å². The van der Waals surface area contributed by atoms with Crippen LogP contribution < -0.4 is 0 Å². The average Bonchev–Trinajstić information content (AvgIpc) is 2.41. The standard InChI is InChI=1S/C23H46/c1-9-12-13-14-17-23(15-10-2,16-11-3)21(18-20(4)5)19-22(6,7)8/h19-20H,9-18H2,1-8H3/b21-19+. The van der Waals surface area contributed by atoms with Crippen LogP contribution in [0.25, 0.3) is 0 Å². The summed E-state index contributed by atoms with van der Waals surface area (Å²) in [4.78, 5) is 0. The molecule has 0 saturated carbocycles. The molecule has 0 atom stereocenters. The predicted molar refractivity (Wildman–Crippen MR) is 108 cm³/mol. The van der Waals surface area contributed by atoms with Gasteiger partial charge >= 0.3 is 0 Å². The van der Waals surface area contributed by atoms with E-state index in [-0.39, 0.29) is 0 Å². The van der Waals surface area contributed by atoms with E-state index < -0.39 is 0 Å². The third-order valence-electron chi connectivity index (χ3n) is 4.88. The Kier molecular flexibility index (Phi) is 11.2. The van der Waals surface area contributed by atoms with E-state index in [4.69, 9.17) is 0 Å². The van der Waals surface area contributed by atoms with Gasteiger partial charge in [-0.15, -0.1) is 0 Å². The second-order valence-corrected chi connectivity index (χ2v) is 9.22. The van der Waals surface area contributed by atoms with Crippen molar-refractivity contribution in [1.29, 1.82) is 0 Å². The lowest BCUT2D eigenvalue weighted by atomic mass is 9.66. The molecule has 0 saturated heterocycles. The molecule has 0 nitrogen and oxygen atoms in total. The Hall–Kier alpha value is -0.260. The summed E-state index contributed by atoms with van der Waals surface area (Å²) in [5.41, 5.74) is 2.54. The molecule has 0 aromatic rings. The van der Waals surface area contributed by atoms with Crippen LogP contribution in [-0.4, -0.2) is 0 Å². The van der Waals surface area contributed by atoms with Crippen molar-refractivity contribution in [3.8, 4) is 0 Å². The largest absolute Gasteiger partial charge is 0.0794 e. The van der Waals surface area contributed by atoms with E-state index in [0.29, 0.717) is 10.8 Å². The summed E-state index contributed by atoms with van der Waals surface area (Å²) >= 11 is 0. The number of rotatable bonds is 12. The monoisotopic (exact) mass is 322 g/mol. The zero-order valence-corrected chi connectivity index (χ0v) is 17.7. The Morgan fingerprint density at radius 2 is 1.35 bits per heavy atom. The molecule has 0 rings (SSSR count). The van der Waals surface area contributed by atoms with Crippen LogP contribution in [0, 0.1) is 16.7 Å². The van der Waals surface area contributed by atoms with Crippen LogP contribution in [0.2, 0.25) is 0 Å². The molecule has 0 radical (unpaired) electrons. The maximum Gasteiger partial charge on any atom is -0.00880 e. The zero-order valence-electron chi connectivity index (χ0n) is 17.7. The van der Waals surface area contributed by atoms with Crippen LogP contribution in [-0.2, 0) is 0 Å². The van der Waals surface area contributed by atoms with Gasteiger partial charge in [-0.1, -0.05) is 106 Å². The number of unbranched alkanes of at least 4 members (excludes halogenated alkanes) is 3. The molecular weight excluding hydrogens is 276 g/mol. The van der Waals surface area contributed by atoms with Crippen molar-refractivity contribution < 1.29 is 0 Å². The van der Waals surface area contributed by atoms with E-state index in [1.165, 1.54) is 64.2 Å². The minimum absolute atomic E-state index is 0.292. The fourth-order valence-corrected chi connectivity index (χ4v) is 4.09. The molecule has 0 heteroatoms. The maximum atomic E-state index is 2.64. The Morgan fingerprint density at radius 3 is 1.74 bits per heavy atom. The molecule has 0 bridgehead atoms. The van der Waals surface area contributed by atoms with Gasteiger partial charge in [-0.3, -0.25) is 0 Å². The molecule has 0 heterocycles. The first kappa shape index (κ1) is 22.7. The fraction of sp³-hybridized carbons (Fsp3) is 0.913. The zero-order chi connectivity index (χ0) is 17.9. The van der Waals surface area contributed by atoms with Gasteiger partial charge in [0.1, 0.15) is 0 Å². The van der Waals surface area contributed by atoms with Gasteiger partial charge in [0.05, 0.1) is 0 Å². The quantitative estimate of drug-likeness (QED) is 0.249. The summed E-state index contributed by atoms with van der Waals surface area (Å²) in [7, 11) is 0. The molecule has 0 fully saturated rings. The van der Waals surface area contributed by atoms with E-state index in [1.54, 1.807) is 5.57 Å². The Balaban J connectivity index is 5.53. The highest BCUT2D eigenvalue weighted by molar-refractivity contribution is 5.18. The van der Waals surface area contributed by atoms with Crippen molar-refractivity contribution in [2.45, 2.75) is 120 Å². The van der Waals surface area contributed by atoms with Crippen molar-refractivity contribution in [2.24, 2.45) is 16.7 Å². The van der Waals surface area contributed by atoms with Crippen LogP contribution >= 0.6 is 0 Å². The molecule has 0 N–H and O–H groups in total. The summed E-state index contributed by atoms with van der Waals surface area (Å²) in [6.07, 6.45) is 16.3.